The molecular weight excluding hydrogens is 319 g/mol. The number of methoxy groups -OCH3 is 1. The third-order valence-electron chi connectivity index (χ3n) is 3.05. The molecule has 2 aromatic heterocycles. The first-order valence-corrected chi connectivity index (χ1v) is 7.35. The minimum absolute atomic E-state index is 0.158. The first kappa shape index (κ1) is 16.5. The van der Waals surface area contributed by atoms with Crippen molar-refractivity contribution in [3.05, 3.63) is 34.3 Å². The van der Waals surface area contributed by atoms with Gasteiger partial charge in [0.25, 0.3) is 0 Å². The Morgan fingerprint density at radius 1 is 1.50 bits per heavy atom. The summed E-state index contributed by atoms with van der Waals surface area (Å²) in [5, 5.41) is 2.52. The van der Waals surface area contributed by atoms with E-state index in [0.717, 1.165) is 29.2 Å². The lowest BCUT2D eigenvalue weighted by Crippen LogP contribution is -2.22. The predicted molar refractivity (Wildman–Crippen MR) is 73.5 cm³/mol. The zero-order chi connectivity index (χ0) is 16.3. The zero-order valence-electron chi connectivity index (χ0n) is 11.9. The van der Waals surface area contributed by atoms with Gasteiger partial charge in [-0.05, 0) is 6.42 Å². The molecule has 22 heavy (non-hydrogen) atoms. The molecule has 1 unspecified atom stereocenters. The second kappa shape index (κ2) is 6.47. The molecule has 0 N–H and O–H groups in total. The number of hydrogen-bond donors (Lipinski definition) is 0. The monoisotopic (exact) mass is 333 g/mol. The highest BCUT2D eigenvalue weighted by Gasteiger charge is 2.35. The molecule has 0 spiro atoms. The van der Waals surface area contributed by atoms with E-state index in [0.29, 0.717) is 5.01 Å². The van der Waals surface area contributed by atoms with Gasteiger partial charge < -0.3 is 9.30 Å². The summed E-state index contributed by atoms with van der Waals surface area (Å²) in [5.41, 5.74) is -0.167. The first-order chi connectivity index (χ1) is 10.3. The fraction of sp³-hybridized carbons (Fsp3) is 0.462. The molecule has 2 rings (SSSR count). The number of rotatable bonds is 5. The van der Waals surface area contributed by atoms with Crippen LogP contribution in [-0.2, 0) is 28.5 Å². The third kappa shape index (κ3) is 3.65. The lowest BCUT2D eigenvalue weighted by Gasteiger charge is -2.14. The minimum atomic E-state index is -4.55. The van der Waals surface area contributed by atoms with Crippen LogP contribution in [0.25, 0.3) is 0 Å². The van der Waals surface area contributed by atoms with Crippen molar-refractivity contribution in [3.8, 4) is 0 Å². The number of imidazole rings is 1. The maximum absolute atomic E-state index is 12.6. The summed E-state index contributed by atoms with van der Waals surface area (Å²) in [6, 6.07) is -0.926. The fourth-order valence-corrected chi connectivity index (χ4v) is 2.79. The van der Waals surface area contributed by atoms with Gasteiger partial charge in [-0.3, -0.25) is 0 Å². The van der Waals surface area contributed by atoms with E-state index in [-0.39, 0.29) is 6.42 Å². The third-order valence-corrected chi connectivity index (χ3v) is 3.97. The van der Waals surface area contributed by atoms with Gasteiger partial charge in [-0.15, -0.1) is 11.3 Å². The van der Waals surface area contributed by atoms with E-state index in [2.05, 4.69) is 14.7 Å². The lowest BCUT2D eigenvalue weighted by atomic mass is 10.2. The maximum atomic E-state index is 12.6. The smallest absolute Gasteiger partial charge is 0.434 e. The number of hydrogen-bond acceptors (Lipinski definition) is 5. The summed E-state index contributed by atoms with van der Waals surface area (Å²) in [4.78, 5) is 19.5. The molecule has 0 saturated carbocycles. The number of thiazole rings is 1. The molecule has 0 aliphatic carbocycles. The SMILES string of the molecule is CCc1csc(CC(C(=O)OC)n2cnc(C(F)(F)F)c2)n1. The number of alkyl halides is 3. The van der Waals surface area contributed by atoms with E-state index >= 15 is 0 Å². The van der Waals surface area contributed by atoms with Crippen molar-refractivity contribution >= 4 is 17.3 Å². The molecule has 5 nitrogen and oxygen atoms in total. The van der Waals surface area contributed by atoms with Gasteiger partial charge in [0.15, 0.2) is 5.69 Å². The van der Waals surface area contributed by atoms with Gasteiger partial charge >= 0.3 is 12.1 Å². The second-order valence-electron chi connectivity index (χ2n) is 4.53. The van der Waals surface area contributed by atoms with Crippen LogP contribution in [0, 0.1) is 0 Å². The normalized spacial score (nSPS) is 13.1. The van der Waals surface area contributed by atoms with E-state index in [1.165, 1.54) is 18.4 Å². The average Bonchev–Trinajstić information content (AvgIpc) is 3.12. The van der Waals surface area contributed by atoms with Gasteiger partial charge in [-0.2, -0.15) is 13.2 Å². The average molecular weight is 333 g/mol. The number of halogens is 3. The van der Waals surface area contributed by atoms with Crippen molar-refractivity contribution < 1.29 is 22.7 Å². The van der Waals surface area contributed by atoms with Crippen molar-refractivity contribution in [2.45, 2.75) is 32.0 Å². The van der Waals surface area contributed by atoms with Crippen molar-refractivity contribution in [1.29, 1.82) is 0 Å². The Hall–Kier alpha value is -1.90. The van der Waals surface area contributed by atoms with Gasteiger partial charge in [0.2, 0.25) is 0 Å². The van der Waals surface area contributed by atoms with Crippen molar-refractivity contribution in [3.63, 3.8) is 0 Å². The molecule has 0 aromatic carbocycles. The number of nitrogens with zero attached hydrogens (tertiary/aromatic N) is 3. The molecule has 120 valence electrons. The summed E-state index contributed by atoms with van der Waals surface area (Å²) in [6.07, 6.45) is -1.86. The van der Waals surface area contributed by atoms with Crippen LogP contribution in [0.15, 0.2) is 17.9 Å². The van der Waals surface area contributed by atoms with Gasteiger partial charge in [-0.25, -0.2) is 14.8 Å². The summed E-state index contributed by atoms with van der Waals surface area (Å²) >= 11 is 1.36. The Kier molecular flexibility index (Phi) is 4.84. The predicted octanol–water partition coefficient (Wildman–Crippen LogP) is 2.88. The van der Waals surface area contributed by atoms with E-state index in [1.54, 1.807) is 0 Å². The Balaban J connectivity index is 2.26. The summed E-state index contributed by atoms with van der Waals surface area (Å²) in [5.74, 6) is -0.639. The van der Waals surface area contributed by atoms with Crippen LogP contribution in [-0.4, -0.2) is 27.6 Å². The van der Waals surface area contributed by atoms with Crippen LogP contribution in [0.2, 0.25) is 0 Å². The van der Waals surface area contributed by atoms with Gasteiger partial charge in [0.1, 0.15) is 6.04 Å². The van der Waals surface area contributed by atoms with E-state index in [4.69, 9.17) is 0 Å². The lowest BCUT2D eigenvalue weighted by molar-refractivity contribution is -0.145. The van der Waals surface area contributed by atoms with Crippen LogP contribution in [0.4, 0.5) is 13.2 Å². The fourth-order valence-electron chi connectivity index (χ4n) is 1.87. The topological polar surface area (TPSA) is 57.0 Å². The largest absolute Gasteiger partial charge is 0.467 e. The molecule has 0 bridgehead atoms. The molecule has 2 aromatic rings. The molecule has 0 fully saturated rings. The number of esters is 1. The molecule has 0 radical (unpaired) electrons. The second-order valence-corrected chi connectivity index (χ2v) is 5.48. The Morgan fingerprint density at radius 3 is 2.73 bits per heavy atom. The number of aryl methyl sites for hydroxylation is 1. The Bertz CT molecular complexity index is 651. The minimum Gasteiger partial charge on any atom is -0.467 e. The highest BCUT2D eigenvalue weighted by molar-refractivity contribution is 7.09. The first-order valence-electron chi connectivity index (χ1n) is 6.47. The molecule has 0 aliphatic rings. The maximum Gasteiger partial charge on any atom is 0.434 e. The van der Waals surface area contributed by atoms with Gasteiger partial charge in [-0.1, -0.05) is 6.92 Å². The number of ether oxygens (including phenoxy) is 1. The van der Waals surface area contributed by atoms with E-state index in [1.807, 2.05) is 12.3 Å². The Morgan fingerprint density at radius 2 is 2.23 bits per heavy atom. The van der Waals surface area contributed by atoms with Crippen molar-refractivity contribution in [1.82, 2.24) is 14.5 Å². The molecule has 0 aliphatic heterocycles. The van der Waals surface area contributed by atoms with Crippen LogP contribution < -0.4 is 0 Å². The number of carbonyl (C=O) groups is 1. The quantitative estimate of drug-likeness (QED) is 0.790. The van der Waals surface area contributed by atoms with Gasteiger partial charge in [0.05, 0.1) is 24.1 Å². The summed E-state index contributed by atoms with van der Waals surface area (Å²) in [7, 11) is 1.19. The molecule has 0 amide bonds. The number of carbonyl (C=O) groups excluding carboxylic acids is 1. The molecular formula is C13H14F3N3O2S. The van der Waals surface area contributed by atoms with Crippen molar-refractivity contribution in [2.24, 2.45) is 0 Å². The summed E-state index contributed by atoms with van der Waals surface area (Å²) < 4.78 is 43.7. The molecule has 2 heterocycles. The highest BCUT2D eigenvalue weighted by Crippen LogP contribution is 2.29. The standard InChI is InChI=1S/C13H14F3N3O2S/c1-3-8-6-22-11(18-8)4-9(12(20)21-2)19-5-10(17-7-19)13(14,15)16/h5-7,9H,3-4H2,1-2H3. The molecule has 0 saturated heterocycles. The van der Waals surface area contributed by atoms with Gasteiger partial charge in [0, 0.05) is 18.0 Å². The van der Waals surface area contributed by atoms with Crippen LogP contribution >= 0.6 is 11.3 Å². The van der Waals surface area contributed by atoms with E-state index < -0.39 is 23.9 Å². The summed E-state index contributed by atoms with van der Waals surface area (Å²) in [6.45, 7) is 1.95. The van der Waals surface area contributed by atoms with Crippen LogP contribution in [0.3, 0.4) is 0 Å². The number of aromatic nitrogens is 3. The van der Waals surface area contributed by atoms with E-state index in [9.17, 15) is 18.0 Å². The highest BCUT2D eigenvalue weighted by atomic mass is 32.1. The van der Waals surface area contributed by atoms with Crippen molar-refractivity contribution in [2.75, 3.05) is 7.11 Å². The van der Waals surface area contributed by atoms with Crippen LogP contribution in [0.5, 0.6) is 0 Å². The Labute approximate surface area is 128 Å². The molecule has 9 heteroatoms. The van der Waals surface area contributed by atoms with Crippen LogP contribution in [0.1, 0.15) is 29.4 Å². The zero-order valence-corrected chi connectivity index (χ0v) is 12.7. The molecule has 1 atom stereocenters.